The van der Waals surface area contributed by atoms with Gasteiger partial charge in [-0.05, 0) is 24.8 Å². The standard InChI is InChI=1S/C16H27O3P/c1-3-5-13-17-20(18-14-6-4-2)19-15-12-16-10-8-7-9-11-16/h7-11H,3-6,12-15H2,1-2H3. The van der Waals surface area contributed by atoms with Crippen LogP contribution in [-0.4, -0.2) is 19.8 Å². The maximum Gasteiger partial charge on any atom is 0.332 e. The molecule has 0 aliphatic heterocycles. The van der Waals surface area contributed by atoms with Gasteiger partial charge in [0.05, 0.1) is 19.8 Å². The van der Waals surface area contributed by atoms with Crippen molar-refractivity contribution in [3.63, 3.8) is 0 Å². The Morgan fingerprint density at radius 1 is 0.800 bits per heavy atom. The molecule has 1 aromatic carbocycles. The van der Waals surface area contributed by atoms with Crippen LogP contribution in [0.15, 0.2) is 30.3 Å². The molecule has 3 nitrogen and oxygen atoms in total. The van der Waals surface area contributed by atoms with Crippen molar-refractivity contribution in [1.29, 1.82) is 0 Å². The normalized spacial score (nSPS) is 11.2. The molecule has 0 atom stereocenters. The first-order valence-electron chi connectivity index (χ1n) is 7.59. The second kappa shape index (κ2) is 12.3. The third kappa shape index (κ3) is 8.65. The summed E-state index contributed by atoms with van der Waals surface area (Å²) in [5, 5.41) is 0. The summed E-state index contributed by atoms with van der Waals surface area (Å²) in [6, 6.07) is 10.4. The minimum atomic E-state index is -1.18. The fourth-order valence-electron chi connectivity index (χ4n) is 1.56. The van der Waals surface area contributed by atoms with Crippen molar-refractivity contribution in [2.75, 3.05) is 19.8 Å². The molecule has 20 heavy (non-hydrogen) atoms. The first-order chi connectivity index (χ1) is 9.86. The molecule has 4 heteroatoms. The third-order valence-electron chi connectivity index (χ3n) is 2.82. The Labute approximate surface area is 124 Å². The molecule has 0 saturated carbocycles. The highest BCUT2D eigenvalue weighted by atomic mass is 31.2. The molecular weight excluding hydrogens is 271 g/mol. The number of hydrogen-bond acceptors (Lipinski definition) is 3. The van der Waals surface area contributed by atoms with E-state index in [2.05, 4.69) is 26.0 Å². The molecule has 0 radical (unpaired) electrons. The molecule has 0 saturated heterocycles. The van der Waals surface area contributed by atoms with Gasteiger partial charge >= 0.3 is 8.60 Å². The van der Waals surface area contributed by atoms with E-state index in [-0.39, 0.29) is 0 Å². The van der Waals surface area contributed by atoms with E-state index >= 15 is 0 Å². The summed E-state index contributed by atoms with van der Waals surface area (Å²) in [6.07, 6.45) is 5.26. The van der Waals surface area contributed by atoms with Gasteiger partial charge in [-0.1, -0.05) is 57.0 Å². The van der Waals surface area contributed by atoms with Gasteiger partial charge in [0, 0.05) is 0 Å². The Bertz CT molecular complexity index is 309. The molecule has 0 aliphatic rings. The van der Waals surface area contributed by atoms with Crippen LogP contribution in [0.2, 0.25) is 0 Å². The highest BCUT2D eigenvalue weighted by Gasteiger charge is 2.12. The first-order valence-corrected chi connectivity index (χ1v) is 8.69. The predicted molar refractivity (Wildman–Crippen MR) is 84.7 cm³/mol. The van der Waals surface area contributed by atoms with Crippen LogP contribution in [0.25, 0.3) is 0 Å². The monoisotopic (exact) mass is 298 g/mol. The van der Waals surface area contributed by atoms with Gasteiger partial charge in [0.15, 0.2) is 0 Å². The van der Waals surface area contributed by atoms with Crippen molar-refractivity contribution in [2.24, 2.45) is 0 Å². The topological polar surface area (TPSA) is 27.7 Å². The predicted octanol–water partition coefficient (Wildman–Crippen LogP) is 5.11. The van der Waals surface area contributed by atoms with Crippen LogP contribution < -0.4 is 0 Å². The zero-order chi connectivity index (χ0) is 14.5. The van der Waals surface area contributed by atoms with E-state index in [0.29, 0.717) is 6.61 Å². The quantitative estimate of drug-likeness (QED) is 0.396. The Balaban J connectivity index is 2.23. The second-order valence-corrected chi connectivity index (χ2v) is 5.89. The zero-order valence-corrected chi connectivity index (χ0v) is 13.6. The third-order valence-corrected chi connectivity index (χ3v) is 4.00. The van der Waals surface area contributed by atoms with Crippen molar-refractivity contribution in [3.05, 3.63) is 35.9 Å². The Morgan fingerprint density at radius 2 is 1.35 bits per heavy atom. The molecule has 114 valence electrons. The van der Waals surface area contributed by atoms with Crippen LogP contribution in [0.4, 0.5) is 0 Å². The molecule has 0 N–H and O–H groups in total. The fourth-order valence-corrected chi connectivity index (χ4v) is 2.58. The van der Waals surface area contributed by atoms with Gasteiger partial charge in [-0.15, -0.1) is 0 Å². The number of benzene rings is 1. The molecule has 0 aliphatic carbocycles. The Hall–Kier alpha value is -0.470. The molecule has 0 spiro atoms. The van der Waals surface area contributed by atoms with E-state index in [0.717, 1.165) is 45.3 Å². The first kappa shape index (κ1) is 17.6. The summed E-state index contributed by atoms with van der Waals surface area (Å²) in [7, 11) is -1.18. The highest BCUT2D eigenvalue weighted by Crippen LogP contribution is 2.40. The lowest BCUT2D eigenvalue weighted by molar-refractivity contribution is 0.158. The van der Waals surface area contributed by atoms with Crippen molar-refractivity contribution >= 4 is 8.60 Å². The van der Waals surface area contributed by atoms with E-state index in [9.17, 15) is 0 Å². The largest absolute Gasteiger partial charge is 0.332 e. The van der Waals surface area contributed by atoms with Gasteiger partial charge in [-0.25, -0.2) is 0 Å². The van der Waals surface area contributed by atoms with E-state index in [1.807, 2.05) is 18.2 Å². The van der Waals surface area contributed by atoms with Crippen molar-refractivity contribution in [2.45, 2.75) is 46.0 Å². The second-order valence-electron chi connectivity index (χ2n) is 4.67. The van der Waals surface area contributed by atoms with Crippen LogP contribution in [-0.2, 0) is 20.0 Å². The smallest absolute Gasteiger partial charge is 0.312 e. The number of rotatable bonds is 12. The average molecular weight is 298 g/mol. The summed E-state index contributed by atoms with van der Waals surface area (Å²) in [4.78, 5) is 0. The van der Waals surface area contributed by atoms with Crippen molar-refractivity contribution < 1.29 is 13.6 Å². The maximum atomic E-state index is 5.76. The minimum absolute atomic E-state index is 0.647. The maximum absolute atomic E-state index is 5.76. The summed E-state index contributed by atoms with van der Waals surface area (Å²) < 4.78 is 17.1. The molecule has 1 aromatic rings. The van der Waals surface area contributed by atoms with E-state index in [4.69, 9.17) is 13.6 Å². The fraction of sp³-hybridized carbons (Fsp3) is 0.625. The van der Waals surface area contributed by atoms with Crippen LogP contribution >= 0.6 is 8.60 Å². The number of hydrogen-bond donors (Lipinski definition) is 0. The SMILES string of the molecule is CCCCOP(OCCCC)OCCc1ccccc1. The van der Waals surface area contributed by atoms with Crippen molar-refractivity contribution in [1.82, 2.24) is 0 Å². The summed E-state index contributed by atoms with van der Waals surface area (Å²) in [6.45, 7) is 6.40. The van der Waals surface area contributed by atoms with Gasteiger partial charge in [-0.3, -0.25) is 0 Å². The van der Waals surface area contributed by atoms with Gasteiger partial charge in [0.25, 0.3) is 0 Å². The molecule has 0 bridgehead atoms. The molecule has 0 fully saturated rings. The molecule has 0 unspecified atom stereocenters. The molecule has 0 heterocycles. The van der Waals surface area contributed by atoms with Crippen LogP contribution in [0.3, 0.4) is 0 Å². The average Bonchev–Trinajstić information content (AvgIpc) is 2.48. The lowest BCUT2D eigenvalue weighted by atomic mass is 10.2. The Morgan fingerprint density at radius 3 is 1.90 bits per heavy atom. The van der Waals surface area contributed by atoms with E-state index in [1.54, 1.807) is 0 Å². The molecule has 0 amide bonds. The van der Waals surface area contributed by atoms with E-state index < -0.39 is 8.60 Å². The van der Waals surface area contributed by atoms with Gasteiger partial charge < -0.3 is 13.6 Å². The van der Waals surface area contributed by atoms with E-state index in [1.165, 1.54) is 5.56 Å². The van der Waals surface area contributed by atoms with Gasteiger partial charge in [-0.2, -0.15) is 0 Å². The zero-order valence-electron chi connectivity index (χ0n) is 12.7. The summed E-state index contributed by atoms with van der Waals surface area (Å²) in [5.74, 6) is 0. The van der Waals surface area contributed by atoms with Gasteiger partial charge in [0.2, 0.25) is 0 Å². The molecule has 1 rings (SSSR count). The van der Waals surface area contributed by atoms with Crippen LogP contribution in [0, 0.1) is 0 Å². The van der Waals surface area contributed by atoms with Crippen molar-refractivity contribution in [3.8, 4) is 0 Å². The molecule has 0 aromatic heterocycles. The van der Waals surface area contributed by atoms with Crippen LogP contribution in [0.1, 0.15) is 45.1 Å². The summed E-state index contributed by atoms with van der Waals surface area (Å²) >= 11 is 0. The Kier molecular flexibility index (Phi) is 10.8. The van der Waals surface area contributed by atoms with Gasteiger partial charge in [0.1, 0.15) is 0 Å². The highest BCUT2D eigenvalue weighted by molar-refractivity contribution is 7.41. The lowest BCUT2D eigenvalue weighted by Gasteiger charge is -2.16. The van der Waals surface area contributed by atoms with Crippen LogP contribution in [0.5, 0.6) is 0 Å². The lowest BCUT2D eigenvalue weighted by Crippen LogP contribution is -2.01. The summed E-state index contributed by atoms with van der Waals surface area (Å²) in [5.41, 5.74) is 1.28. The molecular formula is C16H27O3P. The number of unbranched alkanes of at least 4 members (excludes halogenated alkanes) is 2. The minimum Gasteiger partial charge on any atom is -0.312 e.